The third-order valence-corrected chi connectivity index (χ3v) is 3.72. The minimum absolute atomic E-state index is 0.0857. The average molecular weight is 337 g/mol. The van der Waals surface area contributed by atoms with Crippen molar-refractivity contribution in [1.29, 1.82) is 0 Å². The Hall–Kier alpha value is -2.51. The van der Waals surface area contributed by atoms with Crippen molar-refractivity contribution in [2.24, 2.45) is 0 Å². The topological polar surface area (TPSA) is 77.3 Å². The molecule has 8 heteroatoms. The van der Waals surface area contributed by atoms with Crippen LogP contribution < -0.4 is 10.1 Å². The lowest BCUT2D eigenvalue weighted by atomic mass is 10.1. The summed E-state index contributed by atoms with van der Waals surface area (Å²) in [6, 6.07) is 3.31. The Morgan fingerprint density at radius 3 is 3.00 bits per heavy atom. The van der Waals surface area contributed by atoms with Gasteiger partial charge in [0.15, 0.2) is 6.61 Å². The monoisotopic (exact) mass is 337 g/mol. The van der Waals surface area contributed by atoms with E-state index in [1.54, 1.807) is 19.1 Å². The molecule has 1 amide bonds. The first-order chi connectivity index (χ1) is 11.6. The molecule has 1 aliphatic rings. The maximum atomic E-state index is 12.4. The van der Waals surface area contributed by atoms with E-state index in [4.69, 9.17) is 9.26 Å². The number of ether oxygens (including phenoxy) is 1. The predicted octanol–water partition coefficient (Wildman–Crippen LogP) is 2.83. The van der Waals surface area contributed by atoms with Gasteiger partial charge in [0.25, 0.3) is 12.3 Å². The molecule has 0 spiro atoms. The molecule has 2 aromatic rings. The van der Waals surface area contributed by atoms with Crippen LogP contribution in [0.2, 0.25) is 0 Å². The predicted molar refractivity (Wildman–Crippen MR) is 80.1 cm³/mol. The number of nitrogens with one attached hydrogen (secondary N) is 1. The number of hydrogen-bond acceptors (Lipinski definition) is 5. The smallest absolute Gasteiger partial charge is 0.272 e. The van der Waals surface area contributed by atoms with E-state index in [0.29, 0.717) is 22.6 Å². The van der Waals surface area contributed by atoms with E-state index in [2.05, 4.69) is 15.5 Å². The highest BCUT2D eigenvalue weighted by molar-refractivity contribution is 5.96. The zero-order valence-corrected chi connectivity index (χ0v) is 13.1. The SMILES string of the molecule is Cc1onc(C2CC2)c1C(=O)NCc1cccnc1OCC(F)F. The van der Waals surface area contributed by atoms with E-state index in [1.807, 2.05) is 0 Å². The molecular weight excluding hydrogens is 320 g/mol. The van der Waals surface area contributed by atoms with Crippen LogP contribution in [0.4, 0.5) is 8.78 Å². The molecule has 3 rings (SSSR count). The largest absolute Gasteiger partial charge is 0.471 e. The van der Waals surface area contributed by atoms with Crippen molar-refractivity contribution in [3.8, 4) is 5.88 Å². The first kappa shape index (κ1) is 16.4. The first-order valence-corrected chi connectivity index (χ1v) is 7.65. The lowest BCUT2D eigenvalue weighted by Gasteiger charge is -2.10. The fourth-order valence-corrected chi connectivity index (χ4v) is 2.40. The summed E-state index contributed by atoms with van der Waals surface area (Å²) in [5, 5.41) is 6.71. The highest BCUT2D eigenvalue weighted by atomic mass is 19.3. The minimum atomic E-state index is -2.59. The summed E-state index contributed by atoms with van der Waals surface area (Å²) >= 11 is 0. The molecule has 0 aromatic carbocycles. The third kappa shape index (κ3) is 3.69. The van der Waals surface area contributed by atoms with E-state index in [0.717, 1.165) is 12.8 Å². The van der Waals surface area contributed by atoms with Crippen molar-refractivity contribution in [2.75, 3.05) is 6.61 Å². The van der Waals surface area contributed by atoms with E-state index in [-0.39, 0.29) is 24.2 Å². The minimum Gasteiger partial charge on any atom is -0.471 e. The highest BCUT2D eigenvalue weighted by Crippen LogP contribution is 2.41. The number of aryl methyl sites for hydroxylation is 1. The number of amides is 1. The van der Waals surface area contributed by atoms with Crippen LogP contribution in [0.25, 0.3) is 0 Å². The average Bonchev–Trinajstić information content (AvgIpc) is 3.33. The van der Waals surface area contributed by atoms with Gasteiger partial charge in [0.2, 0.25) is 5.88 Å². The fraction of sp³-hybridized carbons (Fsp3) is 0.438. The van der Waals surface area contributed by atoms with Gasteiger partial charge in [-0.05, 0) is 25.8 Å². The molecule has 2 aromatic heterocycles. The van der Waals surface area contributed by atoms with Crippen molar-refractivity contribution in [2.45, 2.75) is 38.7 Å². The number of rotatable bonds is 7. The molecule has 0 aliphatic heterocycles. The van der Waals surface area contributed by atoms with Gasteiger partial charge in [-0.2, -0.15) is 0 Å². The molecule has 1 fully saturated rings. The number of nitrogens with zero attached hydrogens (tertiary/aromatic N) is 2. The van der Waals surface area contributed by atoms with Gasteiger partial charge in [-0.15, -0.1) is 0 Å². The van der Waals surface area contributed by atoms with E-state index < -0.39 is 13.0 Å². The Balaban J connectivity index is 1.68. The van der Waals surface area contributed by atoms with Crippen molar-refractivity contribution in [1.82, 2.24) is 15.5 Å². The summed E-state index contributed by atoms with van der Waals surface area (Å²) < 4.78 is 34.7. The van der Waals surface area contributed by atoms with Gasteiger partial charge in [-0.3, -0.25) is 4.79 Å². The fourth-order valence-electron chi connectivity index (χ4n) is 2.40. The molecule has 1 N–H and O–H groups in total. The van der Waals surface area contributed by atoms with Gasteiger partial charge in [0.05, 0.1) is 5.69 Å². The first-order valence-electron chi connectivity index (χ1n) is 7.65. The summed E-state index contributed by atoms with van der Waals surface area (Å²) in [6.07, 6.45) is 0.859. The second-order valence-corrected chi connectivity index (χ2v) is 5.63. The molecule has 2 heterocycles. The van der Waals surface area contributed by atoms with Crippen molar-refractivity contribution in [3.05, 3.63) is 40.9 Å². The van der Waals surface area contributed by atoms with Crippen LogP contribution in [0.1, 0.15) is 46.1 Å². The van der Waals surface area contributed by atoms with E-state index >= 15 is 0 Å². The molecule has 0 bridgehead atoms. The summed E-state index contributed by atoms with van der Waals surface area (Å²) in [4.78, 5) is 16.4. The van der Waals surface area contributed by atoms with Gasteiger partial charge in [-0.25, -0.2) is 13.8 Å². The van der Waals surface area contributed by atoms with Gasteiger partial charge in [0, 0.05) is 24.2 Å². The number of hydrogen-bond donors (Lipinski definition) is 1. The Morgan fingerprint density at radius 1 is 1.50 bits per heavy atom. The lowest BCUT2D eigenvalue weighted by molar-refractivity contribution is 0.0787. The standard InChI is InChI=1S/C16H17F2N3O3/c1-9-13(14(21-24-9)10-4-5-10)15(22)20-7-11-3-2-6-19-16(11)23-8-12(17)18/h2-3,6,10,12H,4-5,7-8H2,1H3,(H,20,22). The number of alkyl halides is 2. The Kier molecular flexibility index (Phi) is 4.73. The molecule has 0 unspecified atom stereocenters. The van der Waals surface area contributed by atoms with Crippen LogP contribution in [0.15, 0.2) is 22.9 Å². The normalized spacial score (nSPS) is 14.0. The number of halogens is 2. The van der Waals surface area contributed by atoms with Gasteiger partial charge in [0.1, 0.15) is 11.3 Å². The van der Waals surface area contributed by atoms with Crippen LogP contribution in [0, 0.1) is 6.92 Å². The second kappa shape index (κ2) is 6.94. The summed E-state index contributed by atoms with van der Waals surface area (Å²) in [5.74, 6) is 0.531. The molecule has 0 radical (unpaired) electrons. The maximum absolute atomic E-state index is 12.4. The molecule has 6 nitrogen and oxygen atoms in total. The van der Waals surface area contributed by atoms with E-state index in [1.165, 1.54) is 6.20 Å². The van der Waals surface area contributed by atoms with Crippen molar-refractivity contribution in [3.63, 3.8) is 0 Å². The number of aromatic nitrogens is 2. The molecule has 128 valence electrons. The Bertz CT molecular complexity index is 729. The third-order valence-electron chi connectivity index (χ3n) is 3.72. The number of carbonyl (C=O) groups excluding carboxylic acids is 1. The maximum Gasteiger partial charge on any atom is 0.272 e. The van der Waals surface area contributed by atoms with Crippen LogP contribution in [-0.4, -0.2) is 29.1 Å². The molecule has 24 heavy (non-hydrogen) atoms. The van der Waals surface area contributed by atoms with E-state index in [9.17, 15) is 13.6 Å². The zero-order valence-electron chi connectivity index (χ0n) is 13.1. The summed E-state index contributed by atoms with van der Waals surface area (Å²) in [7, 11) is 0. The van der Waals surface area contributed by atoms with Crippen molar-refractivity contribution < 1.29 is 22.8 Å². The van der Waals surface area contributed by atoms with Gasteiger partial charge >= 0.3 is 0 Å². The van der Waals surface area contributed by atoms with Crippen LogP contribution in [-0.2, 0) is 6.54 Å². The quantitative estimate of drug-likeness (QED) is 0.841. The molecule has 0 saturated heterocycles. The van der Waals surface area contributed by atoms with Crippen LogP contribution in [0.3, 0.4) is 0 Å². The number of pyridine rings is 1. The summed E-state index contributed by atoms with van der Waals surface area (Å²) in [6.45, 7) is 1.06. The Labute approximate surface area is 137 Å². The second-order valence-electron chi connectivity index (χ2n) is 5.63. The summed E-state index contributed by atoms with van der Waals surface area (Å²) in [5.41, 5.74) is 1.66. The molecule has 0 atom stereocenters. The molecule has 1 aliphatic carbocycles. The highest BCUT2D eigenvalue weighted by Gasteiger charge is 2.33. The zero-order chi connectivity index (χ0) is 17.1. The lowest BCUT2D eigenvalue weighted by Crippen LogP contribution is -2.24. The molecular formula is C16H17F2N3O3. The van der Waals surface area contributed by atoms with Gasteiger partial charge in [-0.1, -0.05) is 11.2 Å². The van der Waals surface area contributed by atoms with Gasteiger partial charge < -0.3 is 14.6 Å². The Morgan fingerprint density at radius 2 is 2.29 bits per heavy atom. The van der Waals surface area contributed by atoms with Crippen molar-refractivity contribution >= 4 is 5.91 Å². The molecule has 1 saturated carbocycles. The number of carbonyl (C=O) groups is 1. The van der Waals surface area contributed by atoms with Crippen LogP contribution >= 0.6 is 0 Å². The van der Waals surface area contributed by atoms with Crippen LogP contribution in [0.5, 0.6) is 5.88 Å².